The molecule has 0 aliphatic carbocycles. The van der Waals surface area contributed by atoms with E-state index in [4.69, 9.17) is 4.84 Å². The quantitative estimate of drug-likeness (QED) is 0.885. The Balaban J connectivity index is 2.10. The first kappa shape index (κ1) is 12.3. The van der Waals surface area contributed by atoms with Crippen LogP contribution in [-0.4, -0.2) is 29.0 Å². The summed E-state index contributed by atoms with van der Waals surface area (Å²) in [5.41, 5.74) is 3.00. The van der Waals surface area contributed by atoms with Gasteiger partial charge in [0.15, 0.2) is 0 Å². The maximum Gasteiger partial charge on any atom is 0.362 e. The van der Waals surface area contributed by atoms with Crippen molar-refractivity contribution in [3.63, 3.8) is 0 Å². The van der Waals surface area contributed by atoms with Crippen molar-refractivity contribution in [1.82, 2.24) is 14.6 Å². The summed E-state index contributed by atoms with van der Waals surface area (Å²) >= 11 is 0. The summed E-state index contributed by atoms with van der Waals surface area (Å²) in [4.78, 5) is 17.5. The lowest BCUT2D eigenvalue weighted by Crippen LogP contribution is -2.41. The van der Waals surface area contributed by atoms with Crippen LogP contribution in [0.4, 0.5) is 0 Å². The van der Waals surface area contributed by atoms with Crippen LogP contribution < -0.4 is 15.8 Å². The van der Waals surface area contributed by atoms with E-state index in [1.54, 1.807) is 0 Å². The molecule has 5 nitrogen and oxygen atoms in total. The van der Waals surface area contributed by atoms with Crippen LogP contribution >= 0.6 is 0 Å². The Morgan fingerprint density at radius 3 is 3.05 bits per heavy atom. The minimum atomic E-state index is -0.0899. The van der Waals surface area contributed by atoms with E-state index in [1.807, 2.05) is 16.7 Å². The fourth-order valence-electron chi connectivity index (χ4n) is 2.91. The highest BCUT2D eigenvalue weighted by molar-refractivity contribution is 5.80. The van der Waals surface area contributed by atoms with Gasteiger partial charge in [0, 0.05) is 12.6 Å². The summed E-state index contributed by atoms with van der Waals surface area (Å²) < 4.78 is 3.20. The minimum absolute atomic E-state index is 0.0899. The molecule has 19 heavy (non-hydrogen) atoms. The zero-order valence-corrected chi connectivity index (χ0v) is 11.3. The second-order valence-corrected chi connectivity index (χ2v) is 5.01. The summed E-state index contributed by atoms with van der Waals surface area (Å²) in [5, 5.41) is 3.50. The number of hydrogen-bond donors (Lipinski definition) is 1. The maximum absolute atomic E-state index is 12.3. The molecule has 1 aliphatic rings. The Morgan fingerprint density at radius 1 is 1.47 bits per heavy atom. The molecule has 0 unspecified atom stereocenters. The predicted molar refractivity (Wildman–Crippen MR) is 74.5 cm³/mol. The van der Waals surface area contributed by atoms with Gasteiger partial charge in [-0.3, -0.25) is 4.57 Å². The van der Waals surface area contributed by atoms with Crippen molar-refractivity contribution in [2.24, 2.45) is 0 Å². The molecule has 0 spiro atoms. The first-order chi connectivity index (χ1) is 9.26. The number of nitrogens with one attached hydrogen (secondary N) is 1. The average molecular weight is 261 g/mol. The minimum Gasteiger partial charge on any atom is -0.412 e. The molecular formula is C14H19N3O2. The van der Waals surface area contributed by atoms with Crippen molar-refractivity contribution in [3.05, 3.63) is 34.2 Å². The van der Waals surface area contributed by atoms with Crippen molar-refractivity contribution < 1.29 is 4.84 Å². The molecule has 0 saturated heterocycles. The van der Waals surface area contributed by atoms with E-state index >= 15 is 0 Å². The maximum atomic E-state index is 12.3. The number of aromatic nitrogens is 2. The molecule has 1 aromatic heterocycles. The molecule has 0 radical (unpaired) electrons. The van der Waals surface area contributed by atoms with Gasteiger partial charge in [0.05, 0.1) is 5.52 Å². The number of hydrogen-bond acceptors (Lipinski definition) is 3. The van der Waals surface area contributed by atoms with Gasteiger partial charge in [-0.1, -0.05) is 19.1 Å². The molecule has 0 fully saturated rings. The molecule has 3 rings (SSSR count). The Hall–Kier alpha value is -1.75. The van der Waals surface area contributed by atoms with E-state index in [9.17, 15) is 4.79 Å². The molecule has 5 heteroatoms. The van der Waals surface area contributed by atoms with E-state index in [0.29, 0.717) is 12.6 Å². The van der Waals surface area contributed by atoms with Crippen molar-refractivity contribution >= 4 is 11.0 Å². The van der Waals surface area contributed by atoms with Crippen LogP contribution in [0.3, 0.4) is 0 Å². The summed E-state index contributed by atoms with van der Waals surface area (Å²) in [5.74, 6) is 0. The normalized spacial score (nSPS) is 17.9. The smallest absolute Gasteiger partial charge is 0.362 e. The van der Waals surface area contributed by atoms with Gasteiger partial charge in [-0.05, 0) is 31.0 Å². The lowest BCUT2D eigenvalue weighted by atomic mass is 10.0. The molecular weight excluding hydrogens is 242 g/mol. The summed E-state index contributed by atoms with van der Waals surface area (Å²) in [6.07, 6.45) is 2.06. The number of rotatable bonds is 4. The summed E-state index contributed by atoms with van der Waals surface area (Å²) in [7, 11) is 1.53. The third-order valence-corrected chi connectivity index (χ3v) is 3.73. The fraction of sp³-hybridized carbons (Fsp3) is 0.500. The number of imidazole rings is 1. The molecule has 0 saturated carbocycles. The predicted octanol–water partition coefficient (Wildman–Crippen LogP) is 0.786. The van der Waals surface area contributed by atoms with Crippen LogP contribution in [0.1, 0.15) is 18.9 Å². The van der Waals surface area contributed by atoms with Crippen LogP contribution in [0.25, 0.3) is 11.0 Å². The molecule has 0 bridgehead atoms. The first-order valence-electron chi connectivity index (χ1n) is 6.77. The first-order valence-corrected chi connectivity index (χ1v) is 6.77. The molecule has 1 N–H and O–H groups in total. The highest BCUT2D eigenvalue weighted by atomic mass is 16.7. The number of para-hydroxylation sites is 1. The van der Waals surface area contributed by atoms with E-state index < -0.39 is 0 Å². The molecule has 0 amide bonds. The highest BCUT2D eigenvalue weighted by Gasteiger charge is 2.25. The molecule has 1 aromatic carbocycles. The third-order valence-electron chi connectivity index (χ3n) is 3.73. The summed E-state index contributed by atoms with van der Waals surface area (Å²) in [6.45, 7) is 3.84. The zero-order chi connectivity index (χ0) is 13.4. The monoisotopic (exact) mass is 261 g/mol. The third kappa shape index (κ3) is 1.85. The topological polar surface area (TPSA) is 48.2 Å². The van der Waals surface area contributed by atoms with Gasteiger partial charge in [-0.15, -0.1) is 4.73 Å². The van der Waals surface area contributed by atoms with E-state index in [0.717, 1.165) is 30.4 Å². The van der Waals surface area contributed by atoms with E-state index in [2.05, 4.69) is 18.3 Å². The lowest BCUT2D eigenvalue weighted by Gasteiger charge is -2.24. The van der Waals surface area contributed by atoms with Gasteiger partial charge in [0.1, 0.15) is 12.6 Å². The van der Waals surface area contributed by atoms with Gasteiger partial charge >= 0.3 is 5.69 Å². The second kappa shape index (κ2) is 4.74. The highest BCUT2D eigenvalue weighted by Crippen LogP contribution is 2.23. The van der Waals surface area contributed by atoms with Crippen LogP contribution in [0, 0.1) is 0 Å². The van der Waals surface area contributed by atoms with E-state index in [1.165, 1.54) is 17.4 Å². The van der Waals surface area contributed by atoms with Crippen LogP contribution in [0.15, 0.2) is 23.0 Å². The van der Waals surface area contributed by atoms with Gasteiger partial charge < -0.3 is 10.2 Å². The SMILES string of the molecule is CCCN[C@@H]1Cc2cccc3c2n(c(=O)n3OC)C1. The van der Waals surface area contributed by atoms with Gasteiger partial charge in [-0.25, -0.2) is 4.79 Å². The second-order valence-electron chi connectivity index (χ2n) is 5.01. The van der Waals surface area contributed by atoms with Crippen molar-refractivity contribution in [2.45, 2.75) is 32.4 Å². The summed E-state index contributed by atoms with van der Waals surface area (Å²) in [6, 6.07) is 6.33. The molecule has 2 heterocycles. The number of benzene rings is 1. The Kier molecular flexibility index (Phi) is 3.06. The van der Waals surface area contributed by atoms with Crippen molar-refractivity contribution in [3.8, 4) is 0 Å². The zero-order valence-electron chi connectivity index (χ0n) is 11.3. The van der Waals surface area contributed by atoms with Gasteiger partial charge in [0.2, 0.25) is 0 Å². The Labute approximate surface area is 111 Å². The standard InChI is InChI=1S/C14H19N3O2/c1-3-7-15-11-8-10-5-4-6-12-13(10)16(9-11)14(18)17(12)19-2/h4-6,11,15H,3,7-9H2,1-2H3/t11-/m1/s1. The largest absolute Gasteiger partial charge is 0.412 e. The van der Waals surface area contributed by atoms with Crippen molar-refractivity contribution in [2.75, 3.05) is 13.7 Å². The Morgan fingerprint density at radius 2 is 2.32 bits per heavy atom. The number of nitrogens with zero attached hydrogens (tertiary/aromatic N) is 2. The fourth-order valence-corrected chi connectivity index (χ4v) is 2.91. The molecule has 1 aliphatic heterocycles. The van der Waals surface area contributed by atoms with Crippen LogP contribution in [-0.2, 0) is 13.0 Å². The van der Waals surface area contributed by atoms with Crippen LogP contribution in [0.5, 0.6) is 0 Å². The van der Waals surface area contributed by atoms with Gasteiger partial charge in [0.25, 0.3) is 0 Å². The van der Waals surface area contributed by atoms with Crippen LogP contribution in [0.2, 0.25) is 0 Å². The van der Waals surface area contributed by atoms with Gasteiger partial charge in [-0.2, -0.15) is 0 Å². The van der Waals surface area contributed by atoms with Crippen molar-refractivity contribution in [1.29, 1.82) is 0 Å². The molecule has 102 valence electrons. The molecule has 2 aromatic rings. The Bertz CT molecular complexity index is 656. The van der Waals surface area contributed by atoms with E-state index in [-0.39, 0.29) is 5.69 Å². The average Bonchev–Trinajstić information content (AvgIpc) is 2.71. The molecule has 1 atom stereocenters. The lowest BCUT2D eigenvalue weighted by molar-refractivity contribution is 0.165.